The van der Waals surface area contributed by atoms with Gasteiger partial charge in [-0.25, -0.2) is 0 Å². The Kier molecular flexibility index (Phi) is 3.80. The molecule has 1 saturated carbocycles. The Balaban J connectivity index is 1.91. The highest BCUT2D eigenvalue weighted by atomic mass is 32.2. The minimum atomic E-state index is 0.154. The standard InChI is InChI=1S/C12H22N2OS/c1-10-8-16-6-5-14(10)11(15)7-12(9-13)3-2-4-12/h10H,2-9,13H2,1H3. The van der Waals surface area contributed by atoms with Crippen LogP contribution in [0, 0.1) is 5.41 Å². The number of nitrogens with zero attached hydrogens (tertiary/aromatic N) is 1. The Hall–Kier alpha value is -0.220. The van der Waals surface area contributed by atoms with Crippen molar-refractivity contribution < 1.29 is 4.79 Å². The van der Waals surface area contributed by atoms with Crippen LogP contribution >= 0.6 is 11.8 Å². The van der Waals surface area contributed by atoms with E-state index in [2.05, 4.69) is 11.8 Å². The maximum absolute atomic E-state index is 12.2. The Labute approximate surface area is 102 Å². The van der Waals surface area contributed by atoms with E-state index in [-0.39, 0.29) is 5.41 Å². The predicted octanol–water partition coefficient (Wildman–Crippen LogP) is 1.47. The second-order valence-corrected chi connectivity index (χ2v) is 6.40. The van der Waals surface area contributed by atoms with Crippen LogP contribution in [-0.2, 0) is 4.79 Å². The van der Waals surface area contributed by atoms with E-state index in [0.29, 0.717) is 24.9 Å². The molecule has 2 fully saturated rings. The number of amides is 1. The molecule has 3 nitrogen and oxygen atoms in total. The maximum Gasteiger partial charge on any atom is 0.223 e. The van der Waals surface area contributed by atoms with E-state index in [1.54, 1.807) is 0 Å². The van der Waals surface area contributed by atoms with Crippen molar-refractivity contribution in [3.63, 3.8) is 0 Å². The predicted molar refractivity (Wildman–Crippen MR) is 68.5 cm³/mol. The fourth-order valence-electron chi connectivity index (χ4n) is 2.65. The summed E-state index contributed by atoms with van der Waals surface area (Å²) in [6.07, 6.45) is 4.22. The van der Waals surface area contributed by atoms with Crippen LogP contribution in [-0.4, -0.2) is 41.4 Å². The second kappa shape index (κ2) is 4.96. The highest BCUT2D eigenvalue weighted by molar-refractivity contribution is 7.99. The van der Waals surface area contributed by atoms with Crippen molar-refractivity contribution in [3.05, 3.63) is 0 Å². The van der Waals surface area contributed by atoms with Crippen LogP contribution < -0.4 is 5.73 Å². The molecule has 1 aliphatic heterocycles. The molecule has 1 heterocycles. The summed E-state index contributed by atoms with van der Waals surface area (Å²) in [7, 11) is 0. The summed E-state index contributed by atoms with van der Waals surface area (Å²) in [4.78, 5) is 14.3. The molecule has 0 aromatic rings. The summed E-state index contributed by atoms with van der Waals surface area (Å²) in [5.74, 6) is 2.51. The molecular weight excluding hydrogens is 220 g/mol. The van der Waals surface area contributed by atoms with Crippen LogP contribution in [0.5, 0.6) is 0 Å². The molecule has 1 saturated heterocycles. The van der Waals surface area contributed by atoms with E-state index in [4.69, 9.17) is 5.73 Å². The Morgan fingerprint density at radius 2 is 2.31 bits per heavy atom. The summed E-state index contributed by atoms with van der Waals surface area (Å²) in [5.41, 5.74) is 5.96. The van der Waals surface area contributed by atoms with Gasteiger partial charge in [0.25, 0.3) is 0 Å². The molecule has 1 atom stereocenters. The van der Waals surface area contributed by atoms with Gasteiger partial charge in [0.1, 0.15) is 0 Å². The third-order valence-electron chi connectivity index (χ3n) is 4.06. The molecule has 1 unspecified atom stereocenters. The molecular formula is C12H22N2OS. The summed E-state index contributed by atoms with van der Waals surface area (Å²) in [5, 5.41) is 0. The molecule has 0 bridgehead atoms. The molecule has 2 rings (SSSR count). The highest BCUT2D eigenvalue weighted by Gasteiger charge is 2.39. The summed E-state index contributed by atoms with van der Waals surface area (Å²) in [6.45, 7) is 3.75. The van der Waals surface area contributed by atoms with Crippen molar-refractivity contribution in [1.29, 1.82) is 0 Å². The molecule has 1 amide bonds. The first-order chi connectivity index (χ1) is 7.67. The molecule has 0 aromatic carbocycles. The first kappa shape index (κ1) is 12.2. The molecule has 92 valence electrons. The molecule has 0 aromatic heterocycles. The largest absolute Gasteiger partial charge is 0.338 e. The van der Waals surface area contributed by atoms with Crippen LogP contribution in [0.15, 0.2) is 0 Å². The zero-order chi connectivity index (χ0) is 11.6. The number of thioether (sulfide) groups is 1. The lowest BCUT2D eigenvalue weighted by atomic mass is 9.66. The third kappa shape index (κ3) is 2.38. The fraction of sp³-hybridized carbons (Fsp3) is 0.917. The van der Waals surface area contributed by atoms with E-state index in [1.165, 1.54) is 6.42 Å². The van der Waals surface area contributed by atoms with Crippen molar-refractivity contribution in [2.24, 2.45) is 11.1 Å². The SMILES string of the molecule is CC1CSCCN1C(=O)CC1(CN)CCC1. The number of rotatable bonds is 3. The van der Waals surface area contributed by atoms with Gasteiger partial charge in [-0.05, 0) is 31.7 Å². The molecule has 2 aliphatic rings. The van der Waals surface area contributed by atoms with Crippen molar-refractivity contribution >= 4 is 17.7 Å². The average molecular weight is 242 g/mol. The maximum atomic E-state index is 12.2. The first-order valence-corrected chi connectivity index (χ1v) is 7.40. The van der Waals surface area contributed by atoms with Crippen molar-refractivity contribution in [2.45, 2.75) is 38.6 Å². The van der Waals surface area contributed by atoms with Crippen molar-refractivity contribution in [3.8, 4) is 0 Å². The Bertz CT molecular complexity index is 260. The normalized spacial score (nSPS) is 28.6. The van der Waals surface area contributed by atoms with E-state index < -0.39 is 0 Å². The smallest absolute Gasteiger partial charge is 0.223 e. The van der Waals surface area contributed by atoms with Gasteiger partial charge in [-0.2, -0.15) is 11.8 Å². The second-order valence-electron chi connectivity index (χ2n) is 5.25. The van der Waals surface area contributed by atoms with Crippen LogP contribution in [0.4, 0.5) is 0 Å². The summed E-state index contributed by atoms with van der Waals surface area (Å²) >= 11 is 1.95. The Morgan fingerprint density at radius 3 is 2.81 bits per heavy atom. The van der Waals surface area contributed by atoms with E-state index >= 15 is 0 Å². The minimum Gasteiger partial charge on any atom is -0.338 e. The lowest BCUT2D eigenvalue weighted by Gasteiger charge is -2.43. The molecule has 16 heavy (non-hydrogen) atoms. The average Bonchev–Trinajstić information content (AvgIpc) is 2.24. The minimum absolute atomic E-state index is 0.154. The quantitative estimate of drug-likeness (QED) is 0.815. The third-order valence-corrected chi connectivity index (χ3v) is 5.25. The van der Waals surface area contributed by atoms with Gasteiger partial charge in [0.05, 0.1) is 0 Å². The number of carbonyl (C=O) groups is 1. The number of hydrogen-bond donors (Lipinski definition) is 1. The van der Waals surface area contributed by atoms with E-state index in [9.17, 15) is 4.79 Å². The van der Waals surface area contributed by atoms with Crippen LogP contribution in [0.1, 0.15) is 32.6 Å². The zero-order valence-electron chi connectivity index (χ0n) is 10.1. The molecule has 2 N–H and O–H groups in total. The molecule has 0 spiro atoms. The van der Waals surface area contributed by atoms with Crippen molar-refractivity contribution in [2.75, 3.05) is 24.6 Å². The number of hydrogen-bond acceptors (Lipinski definition) is 3. The van der Waals surface area contributed by atoms with Crippen LogP contribution in [0.2, 0.25) is 0 Å². The Morgan fingerprint density at radius 1 is 1.56 bits per heavy atom. The van der Waals surface area contributed by atoms with Crippen LogP contribution in [0.3, 0.4) is 0 Å². The topological polar surface area (TPSA) is 46.3 Å². The van der Waals surface area contributed by atoms with Crippen LogP contribution in [0.25, 0.3) is 0 Å². The lowest BCUT2D eigenvalue weighted by molar-refractivity contribution is -0.136. The van der Waals surface area contributed by atoms with Gasteiger partial charge in [-0.3, -0.25) is 4.79 Å². The monoisotopic (exact) mass is 242 g/mol. The summed E-state index contributed by atoms with van der Waals surface area (Å²) in [6, 6.07) is 0.404. The number of carbonyl (C=O) groups excluding carboxylic acids is 1. The zero-order valence-corrected chi connectivity index (χ0v) is 10.9. The molecule has 4 heteroatoms. The molecule has 0 radical (unpaired) electrons. The summed E-state index contributed by atoms with van der Waals surface area (Å²) < 4.78 is 0. The van der Waals surface area contributed by atoms with Gasteiger partial charge in [0.15, 0.2) is 0 Å². The van der Waals surface area contributed by atoms with Gasteiger partial charge in [-0.15, -0.1) is 0 Å². The fourth-order valence-corrected chi connectivity index (χ4v) is 3.66. The van der Waals surface area contributed by atoms with Gasteiger partial charge in [-0.1, -0.05) is 6.42 Å². The van der Waals surface area contributed by atoms with Crippen molar-refractivity contribution in [1.82, 2.24) is 4.90 Å². The number of nitrogens with two attached hydrogens (primary N) is 1. The van der Waals surface area contributed by atoms with Gasteiger partial charge >= 0.3 is 0 Å². The molecule has 1 aliphatic carbocycles. The van der Waals surface area contributed by atoms with Gasteiger partial charge < -0.3 is 10.6 Å². The van der Waals surface area contributed by atoms with Gasteiger partial charge in [0, 0.05) is 30.5 Å². The highest BCUT2D eigenvalue weighted by Crippen LogP contribution is 2.43. The van der Waals surface area contributed by atoms with Gasteiger partial charge in [0.2, 0.25) is 5.91 Å². The lowest BCUT2D eigenvalue weighted by Crippen LogP contribution is -2.48. The van der Waals surface area contributed by atoms with E-state index in [1.807, 2.05) is 11.8 Å². The van der Waals surface area contributed by atoms with E-state index in [0.717, 1.165) is 30.9 Å². The first-order valence-electron chi connectivity index (χ1n) is 6.24.